The first-order chi connectivity index (χ1) is 1.91. The van der Waals surface area contributed by atoms with Crippen LogP contribution in [0.1, 0.15) is 13.3 Å². The van der Waals surface area contributed by atoms with E-state index in [4.69, 9.17) is 5.73 Å². The fraction of sp³-hybridized carbons (Fsp3) is 1.00. The van der Waals surface area contributed by atoms with Crippen molar-refractivity contribution in [3.05, 3.63) is 0 Å². The van der Waals surface area contributed by atoms with E-state index in [1.165, 1.54) is 0 Å². The molecule has 0 aliphatic carbocycles. The molecular formula is C3H15NO3. The van der Waals surface area contributed by atoms with E-state index in [1.807, 2.05) is 0 Å². The Morgan fingerprint density at radius 1 is 1.14 bits per heavy atom. The van der Waals surface area contributed by atoms with E-state index in [1.54, 1.807) is 0 Å². The number of hydrogen-bond donors (Lipinski definition) is 1. The zero-order valence-corrected chi connectivity index (χ0v) is 4.49. The highest BCUT2D eigenvalue weighted by molar-refractivity contribution is 4.19. The molecule has 0 spiro atoms. The van der Waals surface area contributed by atoms with Crippen molar-refractivity contribution in [2.24, 2.45) is 5.73 Å². The fourth-order valence-electron chi connectivity index (χ4n) is 0. The van der Waals surface area contributed by atoms with Gasteiger partial charge in [0, 0.05) is 0 Å². The van der Waals surface area contributed by atoms with Gasteiger partial charge >= 0.3 is 0 Å². The molecule has 0 saturated heterocycles. The van der Waals surface area contributed by atoms with Crippen LogP contribution >= 0.6 is 0 Å². The Morgan fingerprint density at radius 2 is 1.29 bits per heavy atom. The molecule has 0 atom stereocenters. The summed E-state index contributed by atoms with van der Waals surface area (Å²) in [5.74, 6) is 0. The number of rotatable bonds is 1. The molecule has 0 saturated carbocycles. The Hall–Kier alpha value is -0.160. The molecule has 0 radical (unpaired) electrons. The second-order valence-corrected chi connectivity index (χ2v) is 0.789. The zero-order chi connectivity index (χ0) is 3.41. The Balaban J connectivity index is -0.0000000150. The van der Waals surface area contributed by atoms with Gasteiger partial charge < -0.3 is 22.2 Å². The minimum Gasteiger partial charge on any atom is -0.412 e. The van der Waals surface area contributed by atoms with Crippen LogP contribution < -0.4 is 5.73 Å². The second kappa shape index (κ2) is 40.4. The largest absolute Gasteiger partial charge is 0.412 e. The van der Waals surface area contributed by atoms with E-state index in [9.17, 15) is 0 Å². The third-order valence-corrected chi connectivity index (χ3v) is 0.289. The van der Waals surface area contributed by atoms with Crippen LogP contribution in [0, 0.1) is 0 Å². The van der Waals surface area contributed by atoms with Crippen LogP contribution in [0.4, 0.5) is 0 Å². The highest BCUT2D eigenvalue weighted by Crippen LogP contribution is 1.57. The quantitative estimate of drug-likeness (QED) is 0.410. The molecule has 0 aromatic carbocycles. The Morgan fingerprint density at radius 3 is 1.29 bits per heavy atom. The SMILES string of the molecule is CCCN.O.O.O. The van der Waals surface area contributed by atoms with Crippen molar-refractivity contribution < 1.29 is 16.4 Å². The molecule has 0 aromatic rings. The van der Waals surface area contributed by atoms with E-state index in [0.29, 0.717) is 0 Å². The standard InChI is InChI=1S/C3H9N.3H2O/c1-2-3-4;;;/h2-4H2,1H3;3*1H2. The molecule has 4 nitrogen and oxygen atoms in total. The summed E-state index contributed by atoms with van der Waals surface area (Å²) in [5, 5.41) is 0. The molecule has 0 aromatic heterocycles. The van der Waals surface area contributed by atoms with E-state index >= 15 is 0 Å². The van der Waals surface area contributed by atoms with Crippen LogP contribution in [0.3, 0.4) is 0 Å². The summed E-state index contributed by atoms with van der Waals surface area (Å²) < 4.78 is 0. The first kappa shape index (κ1) is 28.9. The van der Waals surface area contributed by atoms with E-state index in [0.717, 1.165) is 13.0 Å². The predicted molar refractivity (Wildman–Crippen MR) is 30.2 cm³/mol. The third-order valence-electron chi connectivity index (χ3n) is 0.289. The Labute approximate surface area is 43.3 Å². The lowest BCUT2D eigenvalue weighted by atomic mass is 10.5. The van der Waals surface area contributed by atoms with Crippen molar-refractivity contribution in [3.63, 3.8) is 0 Å². The highest BCUT2D eigenvalue weighted by atomic mass is 16.0. The van der Waals surface area contributed by atoms with Gasteiger partial charge in [-0.2, -0.15) is 0 Å². The van der Waals surface area contributed by atoms with Crippen LogP contribution in [0.15, 0.2) is 0 Å². The van der Waals surface area contributed by atoms with Gasteiger partial charge in [0.15, 0.2) is 0 Å². The van der Waals surface area contributed by atoms with Crippen molar-refractivity contribution in [1.29, 1.82) is 0 Å². The van der Waals surface area contributed by atoms with Crippen molar-refractivity contribution in [2.45, 2.75) is 13.3 Å². The average molecular weight is 113 g/mol. The maximum Gasteiger partial charge on any atom is -0.00799 e. The van der Waals surface area contributed by atoms with Gasteiger partial charge in [-0.05, 0) is 13.0 Å². The average Bonchev–Trinajstić information content (AvgIpc) is 1.37. The molecule has 50 valence electrons. The zero-order valence-electron chi connectivity index (χ0n) is 4.49. The van der Waals surface area contributed by atoms with Gasteiger partial charge in [0.1, 0.15) is 0 Å². The lowest BCUT2D eigenvalue weighted by Gasteiger charge is -1.70. The first-order valence-electron chi connectivity index (χ1n) is 1.62. The second-order valence-electron chi connectivity index (χ2n) is 0.789. The lowest BCUT2D eigenvalue weighted by molar-refractivity contribution is 0.823. The van der Waals surface area contributed by atoms with Crippen LogP contribution in [0.25, 0.3) is 0 Å². The summed E-state index contributed by atoms with van der Waals surface area (Å²) in [6.07, 6.45) is 1.10. The van der Waals surface area contributed by atoms with Crippen LogP contribution in [0.5, 0.6) is 0 Å². The summed E-state index contributed by atoms with van der Waals surface area (Å²) in [7, 11) is 0. The molecule has 0 rings (SSSR count). The molecule has 8 N–H and O–H groups in total. The fourth-order valence-corrected chi connectivity index (χ4v) is 0. The van der Waals surface area contributed by atoms with Gasteiger partial charge in [-0.15, -0.1) is 0 Å². The van der Waals surface area contributed by atoms with Crippen molar-refractivity contribution in [3.8, 4) is 0 Å². The van der Waals surface area contributed by atoms with Gasteiger partial charge in [0.05, 0.1) is 0 Å². The maximum absolute atomic E-state index is 5.03. The van der Waals surface area contributed by atoms with Crippen molar-refractivity contribution >= 4 is 0 Å². The smallest absolute Gasteiger partial charge is 0.00799 e. The molecule has 0 bridgehead atoms. The Bertz CT molecular complexity index is 12.1. The molecule has 0 fully saturated rings. The molecule has 4 heteroatoms. The van der Waals surface area contributed by atoms with Gasteiger partial charge in [-0.25, -0.2) is 0 Å². The van der Waals surface area contributed by atoms with Crippen molar-refractivity contribution in [2.75, 3.05) is 6.54 Å². The van der Waals surface area contributed by atoms with Gasteiger partial charge in [-0.1, -0.05) is 6.92 Å². The molecule has 0 amide bonds. The van der Waals surface area contributed by atoms with E-state index in [2.05, 4.69) is 6.92 Å². The molecule has 7 heavy (non-hydrogen) atoms. The maximum atomic E-state index is 5.03. The minimum absolute atomic E-state index is 0. The normalized spacial score (nSPS) is 4.29. The van der Waals surface area contributed by atoms with Crippen LogP contribution in [0.2, 0.25) is 0 Å². The Kier molecular flexibility index (Phi) is 167. The topological polar surface area (TPSA) is 121 Å². The van der Waals surface area contributed by atoms with Crippen molar-refractivity contribution in [1.82, 2.24) is 0 Å². The van der Waals surface area contributed by atoms with E-state index < -0.39 is 0 Å². The van der Waals surface area contributed by atoms with Crippen LogP contribution in [-0.4, -0.2) is 23.0 Å². The number of hydrogen-bond acceptors (Lipinski definition) is 1. The molecule has 0 aliphatic heterocycles. The molecule has 0 unspecified atom stereocenters. The van der Waals surface area contributed by atoms with Gasteiger partial charge in [0.25, 0.3) is 0 Å². The van der Waals surface area contributed by atoms with Crippen LogP contribution in [-0.2, 0) is 0 Å². The molecule has 0 aliphatic rings. The summed E-state index contributed by atoms with van der Waals surface area (Å²) in [5.41, 5.74) is 5.03. The lowest BCUT2D eigenvalue weighted by Crippen LogP contribution is -1.93. The minimum atomic E-state index is 0. The van der Waals surface area contributed by atoms with Gasteiger partial charge in [0.2, 0.25) is 0 Å². The monoisotopic (exact) mass is 113 g/mol. The van der Waals surface area contributed by atoms with E-state index in [-0.39, 0.29) is 16.4 Å². The summed E-state index contributed by atoms with van der Waals surface area (Å²) in [6, 6.07) is 0. The summed E-state index contributed by atoms with van der Waals surface area (Å²) in [4.78, 5) is 0. The third kappa shape index (κ3) is 122. The number of nitrogens with two attached hydrogens (primary N) is 1. The summed E-state index contributed by atoms with van der Waals surface area (Å²) >= 11 is 0. The highest BCUT2D eigenvalue weighted by Gasteiger charge is 1.55. The molecular weight excluding hydrogens is 98.0 g/mol. The predicted octanol–water partition coefficient (Wildman–Crippen LogP) is -2.12. The molecule has 0 heterocycles. The van der Waals surface area contributed by atoms with Gasteiger partial charge in [-0.3, -0.25) is 0 Å². The first-order valence-corrected chi connectivity index (χ1v) is 1.62. The summed E-state index contributed by atoms with van der Waals surface area (Å²) in [6.45, 7) is 2.88.